The molecule has 0 aliphatic rings. The molecule has 0 aliphatic carbocycles. The zero-order valence-corrected chi connectivity index (χ0v) is 10.5. The number of benzene rings is 1. The summed E-state index contributed by atoms with van der Waals surface area (Å²) in [6, 6.07) is 11.0. The molecule has 0 fully saturated rings. The lowest BCUT2D eigenvalue weighted by Gasteiger charge is -2.16. The van der Waals surface area contributed by atoms with E-state index < -0.39 is 12.5 Å². The molecule has 3 nitrogen and oxygen atoms in total. The number of alkyl halides is 2. The van der Waals surface area contributed by atoms with Crippen molar-refractivity contribution < 1.29 is 13.5 Å². The number of rotatable bonds is 7. The summed E-state index contributed by atoms with van der Waals surface area (Å²) in [6.07, 6.45) is 2.97. The summed E-state index contributed by atoms with van der Waals surface area (Å²) in [5.74, 6) is -2.83. The number of hydrogen-bond donors (Lipinski definition) is 0. The van der Waals surface area contributed by atoms with Gasteiger partial charge in [0.1, 0.15) is 6.61 Å². The zero-order valence-electron chi connectivity index (χ0n) is 10.5. The van der Waals surface area contributed by atoms with Crippen LogP contribution in [0, 0.1) is 0 Å². The summed E-state index contributed by atoms with van der Waals surface area (Å²) < 4.78 is 33.7. The predicted molar refractivity (Wildman–Crippen MR) is 67.9 cm³/mol. The SMILES string of the molecule is FC(F)(CCn1cccn1)COCc1ccccc1. The van der Waals surface area contributed by atoms with Crippen molar-refractivity contribution >= 4 is 0 Å². The predicted octanol–water partition coefficient (Wildman–Crippen LogP) is 3.13. The van der Waals surface area contributed by atoms with Crippen molar-refractivity contribution in [3.8, 4) is 0 Å². The fraction of sp³-hybridized carbons (Fsp3) is 0.357. The molecule has 0 radical (unpaired) electrons. The molecule has 0 saturated carbocycles. The molecule has 0 amide bonds. The second-order valence-corrected chi connectivity index (χ2v) is 4.35. The molecule has 0 unspecified atom stereocenters. The minimum absolute atomic E-state index is 0.189. The van der Waals surface area contributed by atoms with Crippen LogP contribution < -0.4 is 0 Å². The fourth-order valence-electron chi connectivity index (χ4n) is 1.68. The first-order valence-electron chi connectivity index (χ1n) is 6.13. The maximum atomic E-state index is 13.6. The third kappa shape index (κ3) is 4.79. The van der Waals surface area contributed by atoms with Crippen LogP contribution in [0.25, 0.3) is 0 Å². The number of aryl methyl sites for hydroxylation is 1. The number of hydrogen-bond acceptors (Lipinski definition) is 2. The van der Waals surface area contributed by atoms with Crippen LogP contribution in [0.4, 0.5) is 8.78 Å². The van der Waals surface area contributed by atoms with Gasteiger partial charge in [-0.2, -0.15) is 5.10 Å². The molecular formula is C14H16F2N2O. The van der Waals surface area contributed by atoms with Gasteiger partial charge < -0.3 is 4.74 Å². The minimum atomic E-state index is -2.83. The second-order valence-electron chi connectivity index (χ2n) is 4.35. The molecule has 0 saturated heterocycles. The Morgan fingerprint density at radius 1 is 1.16 bits per heavy atom. The number of nitrogens with zero attached hydrogens (tertiary/aromatic N) is 2. The lowest BCUT2D eigenvalue weighted by Crippen LogP contribution is -2.25. The van der Waals surface area contributed by atoms with E-state index >= 15 is 0 Å². The van der Waals surface area contributed by atoms with Gasteiger partial charge in [-0.1, -0.05) is 30.3 Å². The van der Waals surface area contributed by atoms with Crippen molar-refractivity contribution in [2.24, 2.45) is 0 Å². The summed E-state index contributed by atoms with van der Waals surface area (Å²) in [5.41, 5.74) is 0.894. The Balaban J connectivity index is 1.71. The third-order valence-electron chi connectivity index (χ3n) is 2.69. The summed E-state index contributed by atoms with van der Waals surface area (Å²) >= 11 is 0. The van der Waals surface area contributed by atoms with Crippen LogP contribution in [0.15, 0.2) is 48.8 Å². The minimum Gasteiger partial charge on any atom is -0.371 e. The van der Waals surface area contributed by atoms with Gasteiger partial charge in [-0.3, -0.25) is 4.68 Å². The van der Waals surface area contributed by atoms with E-state index in [9.17, 15) is 8.78 Å². The van der Waals surface area contributed by atoms with Crippen molar-refractivity contribution in [3.63, 3.8) is 0 Å². The molecular weight excluding hydrogens is 250 g/mol. The average Bonchev–Trinajstić information content (AvgIpc) is 2.91. The van der Waals surface area contributed by atoms with Crippen molar-refractivity contribution in [1.82, 2.24) is 9.78 Å². The number of halogens is 2. The highest BCUT2D eigenvalue weighted by atomic mass is 19.3. The Hall–Kier alpha value is -1.75. The Morgan fingerprint density at radius 3 is 2.63 bits per heavy atom. The van der Waals surface area contributed by atoms with E-state index in [1.165, 1.54) is 4.68 Å². The van der Waals surface area contributed by atoms with Crippen LogP contribution in [0.5, 0.6) is 0 Å². The highest BCUT2D eigenvalue weighted by Gasteiger charge is 2.29. The van der Waals surface area contributed by atoms with E-state index in [4.69, 9.17) is 4.74 Å². The van der Waals surface area contributed by atoms with Gasteiger partial charge in [0.25, 0.3) is 5.92 Å². The first-order valence-corrected chi connectivity index (χ1v) is 6.13. The van der Waals surface area contributed by atoms with E-state index in [2.05, 4.69) is 5.10 Å². The van der Waals surface area contributed by atoms with Gasteiger partial charge in [0.15, 0.2) is 0 Å². The molecule has 1 heterocycles. The van der Waals surface area contributed by atoms with Crippen LogP contribution in [0.2, 0.25) is 0 Å². The van der Waals surface area contributed by atoms with E-state index in [1.807, 2.05) is 30.3 Å². The van der Waals surface area contributed by atoms with Gasteiger partial charge >= 0.3 is 0 Å². The highest BCUT2D eigenvalue weighted by molar-refractivity contribution is 5.13. The van der Waals surface area contributed by atoms with Gasteiger partial charge in [-0.25, -0.2) is 8.78 Å². The largest absolute Gasteiger partial charge is 0.371 e. The molecule has 0 N–H and O–H groups in total. The first kappa shape index (κ1) is 13.7. The molecule has 2 rings (SSSR count). The first-order chi connectivity index (χ1) is 9.16. The van der Waals surface area contributed by atoms with Gasteiger partial charge in [0.05, 0.1) is 6.61 Å². The Kier molecular flexibility index (Phi) is 4.63. The van der Waals surface area contributed by atoms with E-state index in [0.717, 1.165) is 5.56 Å². The second kappa shape index (κ2) is 6.43. The van der Waals surface area contributed by atoms with Crippen molar-refractivity contribution in [1.29, 1.82) is 0 Å². The number of ether oxygens (including phenoxy) is 1. The molecule has 19 heavy (non-hydrogen) atoms. The van der Waals surface area contributed by atoms with Crippen molar-refractivity contribution in [2.45, 2.75) is 25.5 Å². The summed E-state index contributed by atoms with van der Waals surface area (Å²) in [5, 5.41) is 3.89. The van der Waals surface area contributed by atoms with Gasteiger partial charge in [0.2, 0.25) is 0 Å². The lowest BCUT2D eigenvalue weighted by molar-refractivity contribution is -0.0891. The lowest BCUT2D eigenvalue weighted by atomic mass is 10.2. The van der Waals surface area contributed by atoms with Gasteiger partial charge in [0, 0.05) is 25.4 Å². The number of aromatic nitrogens is 2. The van der Waals surface area contributed by atoms with E-state index in [-0.39, 0.29) is 19.6 Å². The highest BCUT2D eigenvalue weighted by Crippen LogP contribution is 2.20. The summed E-state index contributed by atoms with van der Waals surface area (Å²) in [4.78, 5) is 0. The van der Waals surface area contributed by atoms with Crippen LogP contribution >= 0.6 is 0 Å². The summed E-state index contributed by atoms with van der Waals surface area (Å²) in [6.45, 7) is -0.171. The molecule has 102 valence electrons. The Bertz CT molecular complexity index is 471. The Morgan fingerprint density at radius 2 is 1.95 bits per heavy atom. The van der Waals surface area contributed by atoms with Gasteiger partial charge in [-0.05, 0) is 11.6 Å². The van der Waals surface area contributed by atoms with Crippen LogP contribution in [-0.2, 0) is 17.9 Å². The quantitative estimate of drug-likeness (QED) is 0.770. The van der Waals surface area contributed by atoms with Crippen LogP contribution in [0.1, 0.15) is 12.0 Å². The van der Waals surface area contributed by atoms with Gasteiger partial charge in [-0.15, -0.1) is 0 Å². The van der Waals surface area contributed by atoms with Crippen molar-refractivity contribution in [2.75, 3.05) is 6.61 Å². The molecule has 5 heteroatoms. The monoisotopic (exact) mass is 266 g/mol. The topological polar surface area (TPSA) is 27.1 Å². The fourth-order valence-corrected chi connectivity index (χ4v) is 1.68. The molecule has 0 aliphatic heterocycles. The van der Waals surface area contributed by atoms with Crippen molar-refractivity contribution in [3.05, 3.63) is 54.4 Å². The maximum Gasteiger partial charge on any atom is 0.272 e. The van der Waals surface area contributed by atoms with E-state index in [0.29, 0.717) is 0 Å². The summed E-state index contributed by atoms with van der Waals surface area (Å²) in [7, 11) is 0. The molecule has 1 aromatic carbocycles. The molecule has 1 aromatic heterocycles. The molecule has 0 bridgehead atoms. The standard InChI is InChI=1S/C14H16F2N2O/c15-14(16,7-10-18-9-4-8-17-18)12-19-11-13-5-2-1-3-6-13/h1-6,8-9H,7,10-12H2. The molecule has 0 spiro atoms. The zero-order chi connectivity index (χ0) is 13.6. The molecule has 2 aromatic rings. The maximum absolute atomic E-state index is 13.6. The van der Waals surface area contributed by atoms with Crippen LogP contribution in [0.3, 0.4) is 0 Å². The van der Waals surface area contributed by atoms with E-state index in [1.54, 1.807) is 18.5 Å². The third-order valence-corrected chi connectivity index (χ3v) is 2.69. The smallest absolute Gasteiger partial charge is 0.272 e. The van der Waals surface area contributed by atoms with Crippen LogP contribution in [-0.4, -0.2) is 22.3 Å². The molecule has 0 atom stereocenters. The average molecular weight is 266 g/mol. The normalized spacial score (nSPS) is 11.7. The Labute approximate surface area is 110 Å².